The number of hydrogen-bond donors (Lipinski definition) is 0. The molecule has 1 amide bonds. The van der Waals surface area contributed by atoms with E-state index in [1.54, 1.807) is 18.6 Å². The second kappa shape index (κ2) is 8.78. The average molecular weight is 434 g/mol. The molecule has 5 heterocycles. The van der Waals surface area contributed by atoms with E-state index in [-0.39, 0.29) is 11.5 Å². The minimum absolute atomic E-state index is 0.0495. The Kier molecular flexibility index (Phi) is 5.70. The Hall–Kier alpha value is -3.13. The van der Waals surface area contributed by atoms with Crippen LogP contribution in [0.4, 0.5) is 0 Å². The molecule has 3 aromatic rings. The number of carbonyl (C=O) groups is 1. The van der Waals surface area contributed by atoms with E-state index in [9.17, 15) is 4.79 Å². The monoisotopic (exact) mass is 433 g/mol. The molecule has 0 aliphatic carbocycles. The van der Waals surface area contributed by atoms with Crippen molar-refractivity contribution in [3.05, 3.63) is 60.0 Å². The SMILES string of the molecule is Cc1ccc(C(=O)N2CCC3(CC2)CC(Cc2nc(-c4cccnc4)no2)CCO3)cn1. The van der Waals surface area contributed by atoms with Crippen LogP contribution in [0.2, 0.25) is 0 Å². The highest BCUT2D eigenvalue weighted by Gasteiger charge is 2.41. The maximum absolute atomic E-state index is 12.8. The van der Waals surface area contributed by atoms with Crippen LogP contribution in [0.25, 0.3) is 11.4 Å². The van der Waals surface area contributed by atoms with Gasteiger partial charge in [-0.15, -0.1) is 0 Å². The number of aryl methyl sites for hydroxylation is 1. The van der Waals surface area contributed by atoms with E-state index in [0.29, 0.717) is 36.3 Å². The molecule has 2 aliphatic rings. The molecule has 1 spiro atoms. The van der Waals surface area contributed by atoms with Gasteiger partial charge in [0.1, 0.15) is 0 Å². The van der Waals surface area contributed by atoms with E-state index in [2.05, 4.69) is 20.1 Å². The third-order valence-electron chi connectivity index (χ3n) is 6.57. The van der Waals surface area contributed by atoms with Crippen LogP contribution >= 0.6 is 0 Å². The number of piperidine rings is 1. The van der Waals surface area contributed by atoms with Crippen molar-refractivity contribution in [3.8, 4) is 11.4 Å². The summed E-state index contributed by atoms with van der Waals surface area (Å²) in [6, 6.07) is 7.52. The van der Waals surface area contributed by atoms with Gasteiger partial charge in [0.25, 0.3) is 5.91 Å². The van der Waals surface area contributed by atoms with Crippen molar-refractivity contribution in [1.82, 2.24) is 25.0 Å². The van der Waals surface area contributed by atoms with Gasteiger partial charge in [-0.2, -0.15) is 4.98 Å². The van der Waals surface area contributed by atoms with Gasteiger partial charge in [-0.3, -0.25) is 14.8 Å². The lowest BCUT2D eigenvalue weighted by Gasteiger charge is -2.46. The van der Waals surface area contributed by atoms with Crippen LogP contribution in [0.15, 0.2) is 47.4 Å². The number of rotatable bonds is 4. The van der Waals surface area contributed by atoms with Crippen molar-refractivity contribution in [1.29, 1.82) is 0 Å². The topological polar surface area (TPSA) is 94.2 Å². The summed E-state index contributed by atoms with van der Waals surface area (Å²) >= 11 is 0. The quantitative estimate of drug-likeness (QED) is 0.622. The van der Waals surface area contributed by atoms with Gasteiger partial charge in [0.15, 0.2) is 0 Å². The molecule has 1 unspecified atom stereocenters. The molecule has 0 aromatic carbocycles. The maximum atomic E-state index is 12.8. The first-order valence-corrected chi connectivity index (χ1v) is 11.2. The summed E-state index contributed by atoms with van der Waals surface area (Å²) < 4.78 is 11.8. The Morgan fingerprint density at radius 3 is 2.84 bits per heavy atom. The second-order valence-electron chi connectivity index (χ2n) is 8.83. The molecule has 0 radical (unpaired) electrons. The molecule has 1 atom stereocenters. The first-order valence-electron chi connectivity index (χ1n) is 11.2. The average Bonchev–Trinajstić information content (AvgIpc) is 3.29. The molecular formula is C24H27N5O3. The van der Waals surface area contributed by atoms with Crippen molar-refractivity contribution in [3.63, 3.8) is 0 Å². The van der Waals surface area contributed by atoms with Crippen molar-refractivity contribution in [2.45, 2.75) is 44.6 Å². The van der Waals surface area contributed by atoms with E-state index < -0.39 is 0 Å². The summed E-state index contributed by atoms with van der Waals surface area (Å²) in [6.07, 6.45) is 9.49. The lowest BCUT2D eigenvalue weighted by Crippen LogP contribution is -2.51. The van der Waals surface area contributed by atoms with Crippen LogP contribution in [-0.2, 0) is 11.2 Å². The largest absolute Gasteiger partial charge is 0.375 e. The van der Waals surface area contributed by atoms with Gasteiger partial charge < -0.3 is 14.2 Å². The second-order valence-corrected chi connectivity index (χ2v) is 8.83. The van der Waals surface area contributed by atoms with Crippen molar-refractivity contribution >= 4 is 5.91 Å². The summed E-state index contributed by atoms with van der Waals surface area (Å²) in [5, 5.41) is 4.11. The van der Waals surface area contributed by atoms with Gasteiger partial charge in [0.05, 0.1) is 11.2 Å². The first-order chi connectivity index (χ1) is 15.6. The molecule has 8 heteroatoms. The molecule has 2 aliphatic heterocycles. The fourth-order valence-electron chi connectivity index (χ4n) is 4.74. The molecule has 0 N–H and O–H groups in total. The summed E-state index contributed by atoms with van der Waals surface area (Å²) in [5.74, 6) is 1.71. The number of amides is 1. The highest BCUT2D eigenvalue weighted by Crippen LogP contribution is 2.39. The molecule has 3 aromatic heterocycles. The molecule has 8 nitrogen and oxygen atoms in total. The third-order valence-corrected chi connectivity index (χ3v) is 6.57. The van der Waals surface area contributed by atoms with Crippen LogP contribution in [0, 0.1) is 12.8 Å². The van der Waals surface area contributed by atoms with Crippen LogP contribution in [0.1, 0.15) is 47.6 Å². The molecule has 2 saturated heterocycles. The van der Waals surface area contributed by atoms with Gasteiger partial charge in [-0.05, 0) is 62.8 Å². The Bertz CT molecular complexity index is 1060. The minimum atomic E-state index is -0.169. The molecule has 0 saturated carbocycles. The van der Waals surface area contributed by atoms with Gasteiger partial charge in [-0.1, -0.05) is 5.16 Å². The highest BCUT2D eigenvalue weighted by atomic mass is 16.5. The fraction of sp³-hybridized carbons (Fsp3) is 0.458. The van der Waals surface area contributed by atoms with E-state index in [1.165, 1.54) is 0 Å². The normalized spacial score (nSPS) is 20.4. The van der Waals surface area contributed by atoms with Gasteiger partial charge >= 0.3 is 0 Å². The minimum Gasteiger partial charge on any atom is -0.375 e. The summed E-state index contributed by atoms with van der Waals surface area (Å²) in [6.45, 7) is 4.05. The van der Waals surface area contributed by atoms with E-state index in [1.807, 2.05) is 36.1 Å². The van der Waals surface area contributed by atoms with Crippen LogP contribution in [-0.4, -0.2) is 56.2 Å². The molecular weight excluding hydrogens is 406 g/mol. The number of nitrogens with zero attached hydrogens (tertiary/aromatic N) is 5. The lowest BCUT2D eigenvalue weighted by atomic mass is 9.78. The van der Waals surface area contributed by atoms with E-state index in [4.69, 9.17) is 9.26 Å². The lowest BCUT2D eigenvalue weighted by molar-refractivity contribution is -0.124. The molecule has 5 rings (SSSR count). The zero-order valence-electron chi connectivity index (χ0n) is 18.2. The Morgan fingerprint density at radius 2 is 2.09 bits per heavy atom. The zero-order chi connectivity index (χ0) is 22.0. The third kappa shape index (κ3) is 4.41. The number of likely N-dealkylation sites (tertiary alicyclic amines) is 1. The summed E-state index contributed by atoms with van der Waals surface area (Å²) in [4.78, 5) is 27.7. The predicted octanol–water partition coefficient (Wildman–Crippen LogP) is 3.48. The van der Waals surface area contributed by atoms with E-state index in [0.717, 1.165) is 50.0 Å². The molecule has 166 valence electrons. The highest BCUT2D eigenvalue weighted by molar-refractivity contribution is 5.94. The Labute approximate surface area is 187 Å². The van der Waals surface area contributed by atoms with Crippen LogP contribution < -0.4 is 0 Å². The first kappa shape index (κ1) is 20.8. The predicted molar refractivity (Wildman–Crippen MR) is 117 cm³/mol. The summed E-state index contributed by atoms with van der Waals surface area (Å²) in [7, 11) is 0. The van der Waals surface area contributed by atoms with Gasteiger partial charge in [-0.25, -0.2) is 0 Å². The number of carbonyl (C=O) groups excluding carboxylic acids is 1. The van der Waals surface area contributed by atoms with Crippen LogP contribution in [0.3, 0.4) is 0 Å². The Morgan fingerprint density at radius 1 is 1.22 bits per heavy atom. The molecule has 32 heavy (non-hydrogen) atoms. The number of aromatic nitrogens is 4. The van der Waals surface area contributed by atoms with Gasteiger partial charge in [0.2, 0.25) is 11.7 Å². The van der Waals surface area contributed by atoms with E-state index >= 15 is 0 Å². The molecule has 2 fully saturated rings. The smallest absolute Gasteiger partial charge is 0.255 e. The van der Waals surface area contributed by atoms with Crippen molar-refractivity contribution < 1.29 is 14.1 Å². The number of hydrogen-bond acceptors (Lipinski definition) is 7. The van der Waals surface area contributed by atoms with Crippen LogP contribution in [0.5, 0.6) is 0 Å². The zero-order valence-corrected chi connectivity index (χ0v) is 18.2. The summed E-state index contributed by atoms with van der Waals surface area (Å²) in [5.41, 5.74) is 2.24. The fourth-order valence-corrected chi connectivity index (χ4v) is 4.74. The van der Waals surface area contributed by atoms with Crippen molar-refractivity contribution in [2.24, 2.45) is 5.92 Å². The van der Waals surface area contributed by atoms with Gasteiger partial charge in [0, 0.05) is 56.0 Å². The molecule has 0 bridgehead atoms. The number of ether oxygens (including phenoxy) is 1. The van der Waals surface area contributed by atoms with Crippen molar-refractivity contribution in [2.75, 3.05) is 19.7 Å². The Balaban J connectivity index is 1.19. The standard InChI is InChI=1S/C24H27N5O3/c1-17-4-5-20(16-26-17)23(30)29-10-7-24(8-11-29)14-18(6-12-31-24)13-21-27-22(28-32-21)19-3-2-9-25-15-19/h2-5,9,15-16,18H,6-8,10-14H2,1H3. The maximum Gasteiger partial charge on any atom is 0.255 e. The number of pyridine rings is 2.